The molecule has 1 N–H and O–H groups in total. The molecule has 0 aliphatic carbocycles. The summed E-state index contributed by atoms with van der Waals surface area (Å²) >= 11 is 0. The predicted octanol–water partition coefficient (Wildman–Crippen LogP) is 2.50. The Labute approximate surface area is 89.5 Å². The standard InChI is InChI=1S/C11H16N2O2/c1-3-13(4-2)10-6-5-9(8-12-15)11(14)7-10/h5-7,14H,3-4,8H2,1-2H3. The molecule has 0 heterocycles. The molecule has 0 radical (unpaired) electrons. The summed E-state index contributed by atoms with van der Waals surface area (Å²) < 4.78 is 0. The normalized spacial score (nSPS) is 10.0. The van der Waals surface area contributed by atoms with E-state index in [4.69, 9.17) is 0 Å². The lowest BCUT2D eigenvalue weighted by Gasteiger charge is -2.21. The number of phenolic OH excluding ortho intramolecular Hbond substituents is 1. The van der Waals surface area contributed by atoms with Crippen LogP contribution in [0.4, 0.5) is 5.69 Å². The molecule has 0 saturated carbocycles. The van der Waals surface area contributed by atoms with E-state index in [9.17, 15) is 10.0 Å². The van der Waals surface area contributed by atoms with Crippen molar-refractivity contribution in [2.45, 2.75) is 20.4 Å². The first-order valence-corrected chi connectivity index (χ1v) is 5.08. The van der Waals surface area contributed by atoms with E-state index in [1.165, 1.54) is 0 Å². The third-order valence-corrected chi connectivity index (χ3v) is 2.43. The fraction of sp³-hybridized carbons (Fsp3) is 0.455. The molecule has 15 heavy (non-hydrogen) atoms. The topological polar surface area (TPSA) is 52.9 Å². The van der Waals surface area contributed by atoms with Crippen LogP contribution in [0, 0.1) is 4.91 Å². The SMILES string of the molecule is CCN(CC)c1ccc(CN=O)c(O)c1. The molecule has 0 atom stereocenters. The first-order valence-electron chi connectivity index (χ1n) is 5.08. The molecule has 0 saturated heterocycles. The predicted molar refractivity (Wildman–Crippen MR) is 61.2 cm³/mol. The number of aromatic hydroxyl groups is 1. The quantitative estimate of drug-likeness (QED) is 0.756. The molecular weight excluding hydrogens is 192 g/mol. The highest BCUT2D eigenvalue weighted by Crippen LogP contribution is 2.25. The third-order valence-electron chi connectivity index (χ3n) is 2.43. The van der Waals surface area contributed by atoms with Crippen molar-refractivity contribution >= 4 is 5.69 Å². The molecule has 4 nitrogen and oxygen atoms in total. The molecule has 0 fully saturated rings. The van der Waals surface area contributed by atoms with Crippen molar-refractivity contribution in [2.75, 3.05) is 18.0 Å². The number of hydrogen-bond acceptors (Lipinski definition) is 4. The number of benzene rings is 1. The van der Waals surface area contributed by atoms with Crippen LogP contribution in [-0.2, 0) is 6.54 Å². The smallest absolute Gasteiger partial charge is 0.122 e. The van der Waals surface area contributed by atoms with Gasteiger partial charge in [0.2, 0.25) is 0 Å². The maximum atomic E-state index is 10.1. The average Bonchev–Trinajstić information content (AvgIpc) is 2.24. The van der Waals surface area contributed by atoms with Crippen LogP contribution >= 0.6 is 0 Å². The lowest BCUT2D eigenvalue weighted by molar-refractivity contribution is 0.468. The average molecular weight is 208 g/mol. The van der Waals surface area contributed by atoms with E-state index >= 15 is 0 Å². The van der Waals surface area contributed by atoms with E-state index in [1.807, 2.05) is 6.07 Å². The molecule has 0 aliphatic rings. The second kappa shape index (κ2) is 5.34. The zero-order valence-electron chi connectivity index (χ0n) is 9.10. The van der Waals surface area contributed by atoms with E-state index in [0.717, 1.165) is 18.8 Å². The summed E-state index contributed by atoms with van der Waals surface area (Å²) in [6.07, 6.45) is 0. The van der Waals surface area contributed by atoms with Gasteiger partial charge in [0.15, 0.2) is 0 Å². The van der Waals surface area contributed by atoms with Crippen LogP contribution < -0.4 is 4.90 Å². The molecule has 0 bridgehead atoms. The highest BCUT2D eigenvalue weighted by molar-refractivity contribution is 5.53. The molecule has 4 heteroatoms. The Morgan fingerprint density at radius 2 is 2.00 bits per heavy atom. The van der Waals surface area contributed by atoms with Crippen molar-refractivity contribution in [2.24, 2.45) is 5.18 Å². The minimum Gasteiger partial charge on any atom is -0.508 e. The molecule has 0 aliphatic heterocycles. The number of nitroso groups, excluding NO2 is 1. The van der Waals surface area contributed by atoms with Crippen molar-refractivity contribution in [3.8, 4) is 5.75 Å². The van der Waals surface area contributed by atoms with Crippen LogP contribution in [0.5, 0.6) is 5.75 Å². The molecule has 0 spiro atoms. The molecule has 82 valence electrons. The Morgan fingerprint density at radius 1 is 1.33 bits per heavy atom. The fourth-order valence-electron chi connectivity index (χ4n) is 1.54. The molecule has 0 aromatic heterocycles. The van der Waals surface area contributed by atoms with E-state index in [-0.39, 0.29) is 12.3 Å². The van der Waals surface area contributed by atoms with Gasteiger partial charge in [-0.3, -0.25) is 0 Å². The molecular formula is C11H16N2O2. The van der Waals surface area contributed by atoms with Gasteiger partial charge in [0, 0.05) is 30.4 Å². The van der Waals surface area contributed by atoms with E-state index in [0.29, 0.717) is 5.56 Å². The maximum Gasteiger partial charge on any atom is 0.122 e. The van der Waals surface area contributed by atoms with E-state index in [2.05, 4.69) is 23.9 Å². The van der Waals surface area contributed by atoms with Crippen molar-refractivity contribution in [1.82, 2.24) is 0 Å². The van der Waals surface area contributed by atoms with Crippen molar-refractivity contribution in [1.29, 1.82) is 0 Å². The molecule has 1 rings (SSSR count). The summed E-state index contributed by atoms with van der Waals surface area (Å²) in [5, 5.41) is 12.4. The van der Waals surface area contributed by atoms with Gasteiger partial charge in [0.25, 0.3) is 0 Å². The van der Waals surface area contributed by atoms with Gasteiger partial charge in [0.05, 0.1) is 0 Å². The Bertz CT molecular complexity index is 335. The Balaban J connectivity index is 2.94. The van der Waals surface area contributed by atoms with Crippen LogP contribution in [0.2, 0.25) is 0 Å². The van der Waals surface area contributed by atoms with Crippen LogP contribution in [-0.4, -0.2) is 18.2 Å². The van der Waals surface area contributed by atoms with Gasteiger partial charge in [-0.1, -0.05) is 11.2 Å². The zero-order valence-corrected chi connectivity index (χ0v) is 9.10. The highest BCUT2D eigenvalue weighted by Gasteiger charge is 2.06. The number of anilines is 1. The van der Waals surface area contributed by atoms with Gasteiger partial charge in [-0.05, 0) is 19.9 Å². The minimum atomic E-state index is 0.0182. The Kier molecular flexibility index (Phi) is 4.09. The second-order valence-corrected chi connectivity index (χ2v) is 3.27. The number of hydrogen-bond donors (Lipinski definition) is 1. The zero-order chi connectivity index (χ0) is 11.3. The lowest BCUT2D eigenvalue weighted by atomic mass is 10.1. The van der Waals surface area contributed by atoms with Gasteiger partial charge in [-0.25, -0.2) is 0 Å². The molecule has 0 unspecified atom stereocenters. The number of nitrogens with zero attached hydrogens (tertiary/aromatic N) is 2. The van der Waals surface area contributed by atoms with Crippen molar-refractivity contribution in [3.63, 3.8) is 0 Å². The fourth-order valence-corrected chi connectivity index (χ4v) is 1.54. The molecule has 1 aromatic rings. The maximum absolute atomic E-state index is 10.1. The van der Waals surface area contributed by atoms with Crippen LogP contribution in [0.1, 0.15) is 19.4 Å². The summed E-state index contributed by atoms with van der Waals surface area (Å²) in [7, 11) is 0. The Hall–Kier alpha value is -1.58. The first kappa shape index (κ1) is 11.5. The summed E-state index contributed by atoms with van der Waals surface area (Å²) in [5.41, 5.74) is 1.54. The number of phenols is 1. The van der Waals surface area contributed by atoms with Crippen LogP contribution in [0.25, 0.3) is 0 Å². The van der Waals surface area contributed by atoms with E-state index < -0.39 is 0 Å². The van der Waals surface area contributed by atoms with Crippen LogP contribution in [0.3, 0.4) is 0 Å². The number of rotatable bonds is 5. The van der Waals surface area contributed by atoms with Gasteiger partial charge in [0.1, 0.15) is 12.3 Å². The summed E-state index contributed by atoms with van der Waals surface area (Å²) in [4.78, 5) is 12.2. The summed E-state index contributed by atoms with van der Waals surface area (Å²) in [6.45, 7) is 5.91. The van der Waals surface area contributed by atoms with Gasteiger partial charge in [-0.2, -0.15) is 4.91 Å². The summed E-state index contributed by atoms with van der Waals surface area (Å²) in [6, 6.07) is 5.31. The van der Waals surface area contributed by atoms with Crippen LogP contribution in [0.15, 0.2) is 23.4 Å². The Morgan fingerprint density at radius 3 is 2.47 bits per heavy atom. The molecule has 1 aromatic carbocycles. The highest BCUT2D eigenvalue weighted by atomic mass is 16.3. The van der Waals surface area contributed by atoms with Gasteiger partial charge in [-0.15, -0.1) is 0 Å². The van der Waals surface area contributed by atoms with Gasteiger partial charge >= 0.3 is 0 Å². The van der Waals surface area contributed by atoms with Gasteiger partial charge < -0.3 is 10.0 Å². The first-order chi connectivity index (χ1) is 7.22. The van der Waals surface area contributed by atoms with Crippen molar-refractivity contribution in [3.05, 3.63) is 28.7 Å². The monoisotopic (exact) mass is 208 g/mol. The van der Waals surface area contributed by atoms with E-state index in [1.54, 1.807) is 12.1 Å². The third kappa shape index (κ3) is 2.68. The van der Waals surface area contributed by atoms with Crippen molar-refractivity contribution < 1.29 is 5.11 Å². The minimum absolute atomic E-state index is 0.0182. The summed E-state index contributed by atoms with van der Waals surface area (Å²) in [5.74, 6) is 0.138. The second-order valence-electron chi connectivity index (χ2n) is 3.27. The molecule has 0 amide bonds. The largest absolute Gasteiger partial charge is 0.508 e. The lowest BCUT2D eigenvalue weighted by Crippen LogP contribution is -2.21.